The first-order valence-corrected chi connectivity index (χ1v) is 11.9. The van der Waals surface area contributed by atoms with E-state index in [-0.39, 0.29) is 22.8 Å². The summed E-state index contributed by atoms with van der Waals surface area (Å²) in [6, 6.07) is 19.3. The Morgan fingerprint density at radius 3 is 2.17 bits per heavy atom. The van der Waals surface area contributed by atoms with Crippen molar-refractivity contribution in [1.82, 2.24) is 9.78 Å². The zero-order valence-corrected chi connectivity index (χ0v) is 20.8. The number of carbonyl (C=O) groups excluding carboxylic acids is 2. The van der Waals surface area contributed by atoms with Gasteiger partial charge in [0.2, 0.25) is 0 Å². The molecule has 8 heteroatoms. The maximum Gasteiger partial charge on any atom is 0.331 e. The molecule has 2 aromatic heterocycles. The van der Waals surface area contributed by atoms with Crippen molar-refractivity contribution >= 4 is 40.4 Å². The summed E-state index contributed by atoms with van der Waals surface area (Å²) in [5.74, 6) is -1.19. The van der Waals surface area contributed by atoms with Gasteiger partial charge in [-0.25, -0.2) is 9.58 Å². The molecule has 0 bridgehead atoms. The number of hydrogen-bond acceptors (Lipinski definition) is 3. The molecule has 2 aromatic carbocycles. The van der Waals surface area contributed by atoms with E-state index in [2.05, 4.69) is 5.10 Å². The highest BCUT2D eigenvalue weighted by atomic mass is 35.5. The molecule has 0 saturated carbocycles. The van der Waals surface area contributed by atoms with Crippen LogP contribution in [-0.4, -0.2) is 21.6 Å². The SMILES string of the molecule is Cc1cc[n+](C2=C(c3c(C(C)C)[nH]n(-c4cccc(Cl)c4)c3=O)C(=O)N(c3ccccc3)C2=O)cc1. The number of aromatic nitrogens is 3. The van der Waals surface area contributed by atoms with Gasteiger partial charge >= 0.3 is 5.91 Å². The van der Waals surface area contributed by atoms with Gasteiger partial charge in [-0.2, -0.15) is 4.57 Å². The van der Waals surface area contributed by atoms with Crippen LogP contribution in [-0.2, 0) is 9.59 Å². The Morgan fingerprint density at radius 1 is 0.861 bits per heavy atom. The standard InChI is InChI=1S/C28H23ClN4O3/c1-17(2)24-22(27(35)33(30-24)21-11-7-8-19(29)16-21)23-25(31-14-12-18(3)13-15-31)28(36)32(26(23)34)20-9-5-4-6-10-20/h4-17H,1-3H3/p+1. The Kier molecular flexibility index (Phi) is 5.94. The highest BCUT2D eigenvalue weighted by molar-refractivity contribution is 6.53. The number of hydrogen-bond donors (Lipinski definition) is 1. The minimum Gasteiger partial charge on any atom is -0.294 e. The maximum absolute atomic E-state index is 13.9. The molecule has 7 nitrogen and oxygen atoms in total. The number of anilines is 1. The van der Waals surface area contributed by atoms with Crippen LogP contribution in [0.4, 0.5) is 5.69 Å². The predicted octanol–water partition coefficient (Wildman–Crippen LogP) is 4.48. The van der Waals surface area contributed by atoms with Gasteiger partial charge in [0.15, 0.2) is 12.4 Å². The molecule has 0 spiro atoms. The first kappa shape index (κ1) is 23.5. The van der Waals surface area contributed by atoms with Crippen molar-refractivity contribution in [3.63, 3.8) is 0 Å². The molecule has 1 aliphatic heterocycles. The fourth-order valence-corrected chi connectivity index (χ4v) is 4.54. The zero-order chi connectivity index (χ0) is 25.6. The van der Waals surface area contributed by atoms with Gasteiger partial charge in [-0.15, -0.1) is 0 Å². The number of imide groups is 1. The fraction of sp³-hybridized carbons (Fsp3) is 0.143. The van der Waals surface area contributed by atoms with Crippen LogP contribution in [0.1, 0.15) is 36.6 Å². The number of amides is 2. The van der Waals surface area contributed by atoms with Gasteiger partial charge in [-0.1, -0.05) is 49.7 Å². The van der Waals surface area contributed by atoms with Crippen LogP contribution in [0.5, 0.6) is 0 Å². The lowest BCUT2D eigenvalue weighted by Gasteiger charge is -2.13. The highest BCUT2D eigenvalue weighted by Crippen LogP contribution is 2.35. The Hall–Kier alpha value is -4.23. The minimum absolute atomic E-state index is 0.0587. The summed E-state index contributed by atoms with van der Waals surface area (Å²) >= 11 is 6.18. The molecule has 5 rings (SSSR count). The van der Waals surface area contributed by atoms with E-state index in [0.29, 0.717) is 22.1 Å². The Bertz CT molecular complexity index is 1580. The number of halogens is 1. The van der Waals surface area contributed by atoms with E-state index in [0.717, 1.165) is 10.5 Å². The molecule has 4 aromatic rings. The van der Waals surface area contributed by atoms with Crippen molar-refractivity contribution in [2.45, 2.75) is 26.7 Å². The molecule has 1 aliphatic rings. The molecule has 1 N–H and O–H groups in total. The van der Waals surface area contributed by atoms with Gasteiger partial charge in [0.25, 0.3) is 17.2 Å². The summed E-state index contributed by atoms with van der Waals surface area (Å²) in [6.45, 7) is 5.78. The number of aromatic amines is 1. The molecule has 0 atom stereocenters. The van der Waals surface area contributed by atoms with Crippen LogP contribution in [0, 0.1) is 6.92 Å². The summed E-state index contributed by atoms with van der Waals surface area (Å²) in [6.07, 6.45) is 3.45. The number of rotatable bonds is 5. The van der Waals surface area contributed by atoms with E-state index in [1.807, 2.05) is 39.0 Å². The largest absolute Gasteiger partial charge is 0.331 e. The normalized spacial score (nSPS) is 13.9. The Morgan fingerprint density at radius 2 is 1.53 bits per heavy atom. The average molecular weight is 500 g/mol. The molecule has 36 heavy (non-hydrogen) atoms. The van der Waals surface area contributed by atoms with Crippen molar-refractivity contribution in [3.8, 4) is 5.69 Å². The molecule has 2 amide bonds. The van der Waals surface area contributed by atoms with Gasteiger partial charge in [0.05, 0.1) is 16.9 Å². The Balaban J connectivity index is 1.81. The third-order valence-corrected chi connectivity index (χ3v) is 6.38. The fourth-order valence-electron chi connectivity index (χ4n) is 4.36. The minimum atomic E-state index is -0.550. The quantitative estimate of drug-likeness (QED) is 0.325. The van der Waals surface area contributed by atoms with Crippen LogP contribution in [0.3, 0.4) is 0 Å². The van der Waals surface area contributed by atoms with Crippen LogP contribution in [0.15, 0.2) is 83.9 Å². The summed E-state index contributed by atoms with van der Waals surface area (Å²) < 4.78 is 2.97. The molecular formula is C28H24ClN4O3+. The molecule has 0 aliphatic carbocycles. The number of benzene rings is 2. The van der Waals surface area contributed by atoms with Gasteiger partial charge in [0.1, 0.15) is 5.57 Å². The molecule has 180 valence electrons. The summed E-state index contributed by atoms with van der Waals surface area (Å²) in [7, 11) is 0. The van der Waals surface area contributed by atoms with E-state index in [4.69, 9.17) is 11.6 Å². The van der Waals surface area contributed by atoms with Crippen molar-refractivity contribution in [2.24, 2.45) is 0 Å². The van der Waals surface area contributed by atoms with E-state index in [9.17, 15) is 14.4 Å². The number of nitrogens with one attached hydrogen (secondary N) is 1. The van der Waals surface area contributed by atoms with Crippen molar-refractivity contribution in [1.29, 1.82) is 0 Å². The smallest absolute Gasteiger partial charge is 0.294 e. The molecule has 0 radical (unpaired) electrons. The van der Waals surface area contributed by atoms with Gasteiger partial charge < -0.3 is 0 Å². The van der Waals surface area contributed by atoms with Crippen molar-refractivity contribution in [2.75, 3.05) is 4.90 Å². The second kappa shape index (κ2) is 9.09. The summed E-state index contributed by atoms with van der Waals surface area (Å²) in [5.41, 5.74) is 2.44. The number of pyridine rings is 1. The van der Waals surface area contributed by atoms with E-state index >= 15 is 0 Å². The Labute approximate surface area is 212 Å². The van der Waals surface area contributed by atoms with E-state index in [1.54, 1.807) is 65.5 Å². The van der Waals surface area contributed by atoms with Crippen molar-refractivity contribution < 1.29 is 14.2 Å². The summed E-state index contributed by atoms with van der Waals surface area (Å²) in [4.78, 5) is 42.7. The van der Waals surface area contributed by atoms with Gasteiger partial charge in [-0.05, 0) is 48.7 Å². The first-order chi connectivity index (χ1) is 17.3. The number of nitrogens with zero attached hydrogens (tertiary/aromatic N) is 3. The first-order valence-electron chi connectivity index (χ1n) is 11.6. The lowest BCUT2D eigenvalue weighted by Crippen LogP contribution is -2.39. The van der Waals surface area contributed by atoms with Crippen LogP contribution in [0.25, 0.3) is 17.0 Å². The predicted molar refractivity (Wildman–Crippen MR) is 139 cm³/mol. The lowest BCUT2D eigenvalue weighted by molar-refractivity contribution is -0.576. The van der Waals surface area contributed by atoms with Crippen LogP contribution in [0.2, 0.25) is 5.02 Å². The van der Waals surface area contributed by atoms with Crippen LogP contribution < -0.4 is 15.0 Å². The topological polar surface area (TPSA) is 79.1 Å². The maximum atomic E-state index is 13.9. The third-order valence-electron chi connectivity index (χ3n) is 6.14. The van der Waals surface area contributed by atoms with E-state index in [1.165, 1.54) is 4.68 Å². The second-order valence-electron chi connectivity index (χ2n) is 8.96. The number of aryl methyl sites for hydroxylation is 1. The molecule has 3 heterocycles. The monoisotopic (exact) mass is 499 g/mol. The van der Waals surface area contributed by atoms with E-state index < -0.39 is 17.4 Å². The molecule has 0 fully saturated rings. The number of para-hydroxylation sites is 1. The lowest BCUT2D eigenvalue weighted by atomic mass is 9.98. The van der Waals surface area contributed by atoms with Gasteiger partial charge in [0, 0.05) is 22.8 Å². The molecule has 0 unspecified atom stereocenters. The highest BCUT2D eigenvalue weighted by Gasteiger charge is 2.48. The number of carbonyl (C=O) groups is 2. The van der Waals surface area contributed by atoms with Crippen LogP contribution >= 0.6 is 11.6 Å². The molecular weight excluding hydrogens is 476 g/mol. The third kappa shape index (κ3) is 3.87. The zero-order valence-electron chi connectivity index (χ0n) is 20.0. The molecule has 0 saturated heterocycles. The van der Waals surface area contributed by atoms with Gasteiger partial charge in [-0.3, -0.25) is 19.5 Å². The average Bonchev–Trinajstić information content (AvgIpc) is 3.33. The van der Waals surface area contributed by atoms with Crippen molar-refractivity contribution in [3.05, 3.63) is 111 Å². The summed E-state index contributed by atoms with van der Waals surface area (Å²) in [5, 5.41) is 3.63. The second-order valence-corrected chi connectivity index (χ2v) is 9.40. The number of H-pyrrole nitrogens is 1.